The average Bonchev–Trinajstić information content (AvgIpc) is 3.27. The van der Waals surface area contributed by atoms with Crippen LogP contribution in [0.15, 0.2) is 155 Å². The largest absolute Gasteiger partial charge is 0.478 e. The highest BCUT2D eigenvalue weighted by molar-refractivity contribution is 7.91. The van der Waals surface area contributed by atoms with Crippen molar-refractivity contribution in [2.24, 2.45) is 11.8 Å². The molecular weight excluding hydrogens is 868 g/mol. The van der Waals surface area contributed by atoms with E-state index in [-0.39, 0.29) is 44.0 Å². The molecule has 0 radical (unpaired) electrons. The highest BCUT2D eigenvalue weighted by Gasteiger charge is 2.29. The zero-order valence-corrected chi connectivity index (χ0v) is 38.6. The summed E-state index contributed by atoms with van der Waals surface area (Å²) in [5.41, 5.74) is 7.28. The van der Waals surface area contributed by atoms with E-state index < -0.39 is 42.7 Å². The summed E-state index contributed by atoms with van der Waals surface area (Å²) in [6, 6.07) is 40.8. The monoisotopic (exact) mass is 918 g/mol. The molecular formula is C52H51ClO9S2. The quantitative estimate of drug-likeness (QED) is 0.0655. The van der Waals surface area contributed by atoms with Gasteiger partial charge in [-0.25, -0.2) is 21.6 Å². The first-order valence-corrected chi connectivity index (χ1v) is 24.4. The number of carbonyl (C=O) groups excluding carboxylic acids is 3. The van der Waals surface area contributed by atoms with Crippen molar-refractivity contribution in [3.8, 4) is 0 Å². The molecule has 1 N–H and O–H groups in total. The summed E-state index contributed by atoms with van der Waals surface area (Å²) in [4.78, 5) is 49.4. The number of sulfone groups is 2. The smallest absolute Gasteiger partial charge is 0.335 e. The molecule has 0 saturated carbocycles. The van der Waals surface area contributed by atoms with Crippen molar-refractivity contribution >= 4 is 54.1 Å². The maximum Gasteiger partial charge on any atom is 0.335 e. The van der Waals surface area contributed by atoms with Crippen molar-refractivity contribution in [3.05, 3.63) is 201 Å². The van der Waals surface area contributed by atoms with Crippen LogP contribution in [0.1, 0.15) is 87.7 Å². The number of Topliss-reactive ketones (excluding diaryl/α,β-unsaturated/α-hetero) is 2. The van der Waals surface area contributed by atoms with Gasteiger partial charge in [-0.2, -0.15) is 0 Å². The molecule has 0 spiro atoms. The van der Waals surface area contributed by atoms with Crippen molar-refractivity contribution in [2.45, 2.75) is 63.2 Å². The third-order valence-electron chi connectivity index (χ3n) is 11.0. The number of rotatable bonds is 18. The molecule has 332 valence electrons. The fourth-order valence-electron chi connectivity index (χ4n) is 7.00. The second kappa shape index (κ2) is 22.1. The summed E-state index contributed by atoms with van der Waals surface area (Å²) in [5.74, 6) is -3.70. The van der Waals surface area contributed by atoms with E-state index in [0.29, 0.717) is 36.8 Å². The fraction of sp³-hybridized carbons (Fsp3) is 0.231. The summed E-state index contributed by atoms with van der Waals surface area (Å²) < 4.78 is 52.3. The van der Waals surface area contributed by atoms with Gasteiger partial charge in [0.15, 0.2) is 31.2 Å². The van der Waals surface area contributed by atoms with E-state index in [1.165, 1.54) is 48.5 Å². The van der Waals surface area contributed by atoms with Crippen molar-refractivity contribution in [2.75, 3.05) is 11.5 Å². The number of hydrogen-bond acceptors (Lipinski definition) is 8. The lowest BCUT2D eigenvalue weighted by atomic mass is 9.92. The van der Waals surface area contributed by atoms with E-state index >= 15 is 0 Å². The number of carboxylic acid groups (broad SMARTS) is 1. The molecule has 0 aliphatic carbocycles. The number of hydrogen-bond donors (Lipinski definition) is 1. The number of benzene rings is 6. The predicted octanol–water partition coefficient (Wildman–Crippen LogP) is 10.5. The predicted molar refractivity (Wildman–Crippen MR) is 251 cm³/mol. The number of carbonyl (C=O) groups is 4. The molecule has 2 atom stereocenters. The van der Waals surface area contributed by atoms with Crippen molar-refractivity contribution in [3.63, 3.8) is 0 Å². The third kappa shape index (κ3) is 14.0. The van der Waals surface area contributed by atoms with Gasteiger partial charge in [-0.15, -0.1) is 0 Å². The number of halogens is 1. The van der Waals surface area contributed by atoms with Gasteiger partial charge >= 0.3 is 5.97 Å². The Bertz CT molecular complexity index is 2590. The van der Waals surface area contributed by atoms with Crippen LogP contribution in [0, 0.1) is 39.5 Å². The van der Waals surface area contributed by atoms with E-state index in [0.717, 1.165) is 33.4 Å². The highest BCUT2D eigenvalue weighted by Crippen LogP contribution is 2.25. The van der Waals surface area contributed by atoms with Crippen molar-refractivity contribution in [1.29, 1.82) is 0 Å². The third-order valence-corrected chi connectivity index (χ3v) is 14.8. The van der Waals surface area contributed by atoms with Gasteiger partial charge in [0, 0.05) is 28.5 Å². The maximum absolute atomic E-state index is 13.3. The van der Waals surface area contributed by atoms with Gasteiger partial charge in [0.05, 0.1) is 26.9 Å². The summed E-state index contributed by atoms with van der Waals surface area (Å²) >= 11 is 5.49. The molecule has 9 nitrogen and oxygen atoms in total. The second-order valence-electron chi connectivity index (χ2n) is 16.1. The molecule has 0 heterocycles. The molecule has 0 bridgehead atoms. The molecule has 6 aromatic rings. The lowest BCUT2D eigenvalue weighted by Crippen LogP contribution is -2.25. The first-order chi connectivity index (χ1) is 30.3. The van der Waals surface area contributed by atoms with Gasteiger partial charge in [-0.1, -0.05) is 119 Å². The molecule has 0 aliphatic rings. The summed E-state index contributed by atoms with van der Waals surface area (Å²) in [5, 5.41) is 8.48. The molecule has 12 heteroatoms. The van der Waals surface area contributed by atoms with Crippen LogP contribution < -0.4 is 0 Å². The molecule has 6 rings (SSSR count). The van der Waals surface area contributed by atoms with E-state index in [9.17, 15) is 36.0 Å². The van der Waals surface area contributed by atoms with E-state index in [1.54, 1.807) is 48.5 Å². The van der Waals surface area contributed by atoms with Gasteiger partial charge in [-0.3, -0.25) is 14.4 Å². The number of ketones is 2. The van der Waals surface area contributed by atoms with Crippen LogP contribution in [0.5, 0.6) is 0 Å². The average molecular weight is 920 g/mol. The lowest BCUT2D eigenvalue weighted by molar-refractivity contribution is 0.0695. The van der Waals surface area contributed by atoms with Crippen molar-refractivity contribution < 1.29 is 41.1 Å². The Kier molecular flexibility index (Phi) is 16.9. The molecule has 0 fully saturated rings. The minimum absolute atomic E-state index is 0.0741. The van der Waals surface area contributed by atoms with Crippen LogP contribution in [-0.4, -0.2) is 56.2 Å². The Labute approximate surface area is 381 Å². The van der Waals surface area contributed by atoms with Crippen LogP contribution in [-0.2, 0) is 32.5 Å². The van der Waals surface area contributed by atoms with E-state index in [4.69, 9.17) is 16.7 Å². The topological polar surface area (TPSA) is 157 Å². The molecule has 2 unspecified atom stereocenters. The summed E-state index contributed by atoms with van der Waals surface area (Å²) in [7, 11) is -7.33. The highest BCUT2D eigenvalue weighted by atomic mass is 35.5. The zero-order valence-electron chi connectivity index (χ0n) is 36.2. The van der Waals surface area contributed by atoms with Gasteiger partial charge in [0.25, 0.3) is 5.24 Å². The Hall–Kier alpha value is -6.01. The summed E-state index contributed by atoms with van der Waals surface area (Å²) in [6.07, 6.45) is 1.91. The molecule has 6 aromatic carbocycles. The maximum atomic E-state index is 13.3. The SMILES string of the molecule is Cc1ccc(CCC(CS(=O)(=O)c2ccc(C)cc2)C(=O)c2ccc(C(=O)Cl)cc2)cc1.Cc1ccc(CCC(CS(=O)(=O)c2ccc(C)cc2)C(=O)c2ccc(C(=O)O)cc2)cc1. The molecule has 0 saturated heterocycles. The van der Waals surface area contributed by atoms with E-state index in [2.05, 4.69) is 0 Å². The Morgan fingerprint density at radius 1 is 0.438 bits per heavy atom. The Morgan fingerprint density at radius 3 is 1.02 bits per heavy atom. The molecule has 0 aliphatic heterocycles. The molecule has 0 amide bonds. The normalized spacial score (nSPS) is 12.3. The van der Waals surface area contributed by atoms with Crippen LogP contribution in [0.3, 0.4) is 0 Å². The van der Waals surface area contributed by atoms with Gasteiger partial charge in [0.1, 0.15) is 0 Å². The summed E-state index contributed by atoms with van der Waals surface area (Å²) in [6.45, 7) is 7.76. The molecule has 0 aromatic heterocycles. The standard InChI is InChI=1S/C26H25ClO4S.C26H26O5S/c1-18-3-7-20(8-4-18)9-10-23(17-32(30,31)24-15-5-19(2)6-16-24)25(28)21-11-13-22(14-12-21)26(27)29;1-18-3-7-20(8-4-18)9-10-23(17-32(30,31)24-15-5-19(2)6-16-24)25(27)21-11-13-22(14-12-21)26(28)29/h3-8,11-16,23H,9-10,17H2,1-2H3;3-8,11-16,23H,9-10,17H2,1-2H3,(H,28,29). The van der Waals surface area contributed by atoms with Crippen LogP contribution >= 0.6 is 11.6 Å². The number of carboxylic acids is 1. The zero-order chi connectivity index (χ0) is 46.6. The second-order valence-corrected chi connectivity index (χ2v) is 20.5. The van der Waals surface area contributed by atoms with Gasteiger partial charge in [-0.05, 0) is 125 Å². The first kappa shape index (κ1) is 49.0. The van der Waals surface area contributed by atoms with Crippen molar-refractivity contribution in [1.82, 2.24) is 0 Å². The minimum Gasteiger partial charge on any atom is -0.478 e. The van der Waals surface area contributed by atoms with Crippen LogP contribution in [0.2, 0.25) is 0 Å². The van der Waals surface area contributed by atoms with Crippen LogP contribution in [0.4, 0.5) is 0 Å². The van der Waals surface area contributed by atoms with Crippen LogP contribution in [0.25, 0.3) is 0 Å². The van der Waals surface area contributed by atoms with Gasteiger partial charge in [0.2, 0.25) is 0 Å². The minimum atomic E-state index is -3.68. The number of aromatic carboxylic acids is 1. The van der Waals surface area contributed by atoms with E-state index in [1.807, 2.05) is 76.2 Å². The first-order valence-electron chi connectivity index (χ1n) is 20.7. The molecule has 64 heavy (non-hydrogen) atoms. The fourth-order valence-corrected chi connectivity index (χ4v) is 10.3. The lowest BCUT2D eigenvalue weighted by Gasteiger charge is -2.17. The Balaban J connectivity index is 0.000000241. The Morgan fingerprint density at radius 2 is 0.719 bits per heavy atom. The number of aryl methyl sites for hydroxylation is 6. The van der Waals surface area contributed by atoms with Gasteiger partial charge < -0.3 is 5.11 Å².